The number of fused-ring (bicyclic) bond motifs is 1. The van der Waals surface area contributed by atoms with Crippen LogP contribution in [0.25, 0.3) is 0 Å². The number of nitrogens with one attached hydrogen (secondary N) is 1. The summed E-state index contributed by atoms with van der Waals surface area (Å²) in [6.07, 6.45) is 6.25. The van der Waals surface area contributed by atoms with Gasteiger partial charge in [0.2, 0.25) is 5.91 Å². The fourth-order valence-corrected chi connectivity index (χ4v) is 5.42. The minimum Gasteiger partial charge on any atom is -0.342 e. The summed E-state index contributed by atoms with van der Waals surface area (Å²) in [7, 11) is 0. The van der Waals surface area contributed by atoms with Gasteiger partial charge in [0.15, 0.2) is 0 Å². The van der Waals surface area contributed by atoms with Crippen molar-refractivity contribution in [3.63, 3.8) is 0 Å². The highest BCUT2D eigenvalue weighted by Gasteiger charge is 2.45. The minimum absolute atomic E-state index is 0.298. The third-order valence-corrected chi connectivity index (χ3v) is 6.99. The predicted octanol–water partition coefficient (Wildman–Crippen LogP) is 2.60. The van der Waals surface area contributed by atoms with Crippen molar-refractivity contribution in [2.24, 2.45) is 0 Å². The molecule has 3 heterocycles. The van der Waals surface area contributed by atoms with Crippen LogP contribution >= 0.6 is 0 Å². The van der Waals surface area contributed by atoms with Crippen molar-refractivity contribution < 1.29 is 4.79 Å². The van der Waals surface area contributed by atoms with Crippen molar-refractivity contribution in [1.82, 2.24) is 25.0 Å². The van der Waals surface area contributed by atoms with Crippen LogP contribution in [0.15, 0.2) is 30.3 Å². The first-order valence-electron chi connectivity index (χ1n) is 10.8. The van der Waals surface area contributed by atoms with Crippen molar-refractivity contribution in [1.29, 1.82) is 0 Å². The molecule has 2 aliphatic heterocycles. The SMILES string of the molecule is O=C(N1CCC(c2nnc3n2CCNC3)CC1)C1(c2ccccc2)CCCC1. The second-order valence-corrected chi connectivity index (χ2v) is 8.52. The molecular formula is C22H29N5O. The highest BCUT2D eigenvalue weighted by atomic mass is 16.2. The molecule has 0 atom stereocenters. The van der Waals surface area contributed by atoms with Crippen LogP contribution in [-0.2, 0) is 23.3 Å². The summed E-state index contributed by atoms with van der Waals surface area (Å²) in [6, 6.07) is 10.5. The Bertz CT molecular complexity index is 832. The van der Waals surface area contributed by atoms with Gasteiger partial charge in [-0.25, -0.2) is 0 Å². The van der Waals surface area contributed by atoms with E-state index < -0.39 is 0 Å². The van der Waals surface area contributed by atoms with Crippen LogP contribution in [0.3, 0.4) is 0 Å². The van der Waals surface area contributed by atoms with Gasteiger partial charge in [-0.15, -0.1) is 10.2 Å². The number of aromatic nitrogens is 3. The van der Waals surface area contributed by atoms with Gasteiger partial charge in [0.1, 0.15) is 11.6 Å². The first kappa shape index (κ1) is 17.9. The van der Waals surface area contributed by atoms with E-state index in [1.165, 1.54) is 5.56 Å². The monoisotopic (exact) mass is 379 g/mol. The van der Waals surface area contributed by atoms with E-state index in [-0.39, 0.29) is 5.41 Å². The lowest BCUT2D eigenvalue weighted by Gasteiger charge is -2.38. The molecule has 1 saturated carbocycles. The summed E-state index contributed by atoms with van der Waals surface area (Å²) in [6.45, 7) is 4.41. The van der Waals surface area contributed by atoms with Crippen molar-refractivity contribution in [2.45, 2.75) is 62.9 Å². The molecule has 1 aromatic carbocycles. The van der Waals surface area contributed by atoms with Gasteiger partial charge in [0.05, 0.1) is 12.0 Å². The van der Waals surface area contributed by atoms with Gasteiger partial charge >= 0.3 is 0 Å². The van der Waals surface area contributed by atoms with Crippen molar-refractivity contribution in [2.75, 3.05) is 19.6 Å². The van der Waals surface area contributed by atoms with Gasteiger partial charge < -0.3 is 14.8 Å². The second kappa shape index (κ2) is 7.32. The standard InChI is InChI=1S/C22H29N5O/c28-21(22(10-4-5-11-22)18-6-2-1-3-7-18)26-13-8-17(9-14-26)20-25-24-19-16-23-12-15-27(19)20/h1-3,6-7,17,23H,4-5,8-16H2. The Morgan fingerprint density at radius 1 is 1.04 bits per heavy atom. The molecule has 28 heavy (non-hydrogen) atoms. The van der Waals surface area contributed by atoms with E-state index in [1.54, 1.807) is 0 Å². The van der Waals surface area contributed by atoms with E-state index in [0.29, 0.717) is 11.8 Å². The lowest BCUT2D eigenvalue weighted by Crippen LogP contribution is -2.48. The summed E-state index contributed by atoms with van der Waals surface area (Å²) in [5, 5.41) is 12.2. The largest absolute Gasteiger partial charge is 0.342 e. The fraction of sp³-hybridized carbons (Fsp3) is 0.591. The molecule has 1 amide bonds. The zero-order chi connectivity index (χ0) is 19.0. The Hall–Kier alpha value is -2.21. The summed E-state index contributed by atoms with van der Waals surface area (Å²) in [4.78, 5) is 15.8. The number of piperidine rings is 1. The normalized spacial score (nSPS) is 22.2. The lowest BCUT2D eigenvalue weighted by atomic mass is 9.77. The molecule has 6 heteroatoms. The Labute approximate surface area is 166 Å². The third-order valence-electron chi connectivity index (χ3n) is 6.99. The maximum Gasteiger partial charge on any atom is 0.233 e. The number of benzene rings is 1. The van der Waals surface area contributed by atoms with E-state index in [1.807, 2.05) is 6.07 Å². The molecule has 1 aliphatic carbocycles. The van der Waals surface area contributed by atoms with Crippen LogP contribution in [0.4, 0.5) is 0 Å². The van der Waals surface area contributed by atoms with Gasteiger partial charge in [-0.05, 0) is 31.2 Å². The highest BCUT2D eigenvalue weighted by Crippen LogP contribution is 2.43. The van der Waals surface area contributed by atoms with Crippen molar-refractivity contribution in [3.05, 3.63) is 47.5 Å². The van der Waals surface area contributed by atoms with Crippen LogP contribution in [0.5, 0.6) is 0 Å². The molecule has 2 fully saturated rings. The van der Waals surface area contributed by atoms with Gasteiger partial charge in [0.25, 0.3) is 0 Å². The minimum atomic E-state index is -0.298. The summed E-state index contributed by atoms with van der Waals surface area (Å²) in [5.74, 6) is 2.94. The average molecular weight is 380 g/mol. The maximum atomic E-state index is 13.6. The molecule has 0 bridgehead atoms. The molecular weight excluding hydrogens is 350 g/mol. The number of hydrogen-bond donors (Lipinski definition) is 1. The van der Waals surface area contributed by atoms with Gasteiger partial charge in [0, 0.05) is 32.1 Å². The van der Waals surface area contributed by atoms with Crippen LogP contribution in [0, 0.1) is 0 Å². The maximum absolute atomic E-state index is 13.6. The molecule has 2 aromatic rings. The van der Waals surface area contributed by atoms with Crippen LogP contribution in [0.1, 0.15) is 61.7 Å². The first-order valence-corrected chi connectivity index (χ1v) is 10.8. The van der Waals surface area contributed by atoms with Crippen LogP contribution < -0.4 is 5.32 Å². The summed E-state index contributed by atoms with van der Waals surface area (Å²) in [5.41, 5.74) is 0.909. The predicted molar refractivity (Wildman–Crippen MR) is 107 cm³/mol. The molecule has 6 nitrogen and oxygen atoms in total. The molecule has 0 spiro atoms. The van der Waals surface area contributed by atoms with Crippen molar-refractivity contribution >= 4 is 5.91 Å². The zero-order valence-corrected chi connectivity index (χ0v) is 16.4. The smallest absolute Gasteiger partial charge is 0.233 e. The molecule has 1 saturated heterocycles. The number of carbonyl (C=O) groups is 1. The van der Waals surface area contributed by atoms with Crippen molar-refractivity contribution in [3.8, 4) is 0 Å². The molecule has 148 valence electrons. The number of hydrogen-bond acceptors (Lipinski definition) is 4. The zero-order valence-electron chi connectivity index (χ0n) is 16.4. The Morgan fingerprint density at radius 2 is 1.79 bits per heavy atom. The average Bonchev–Trinajstić information content (AvgIpc) is 3.42. The fourth-order valence-electron chi connectivity index (χ4n) is 5.42. The molecule has 0 radical (unpaired) electrons. The third kappa shape index (κ3) is 2.94. The van der Waals surface area contributed by atoms with E-state index in [2.05, 4.69) is 49.2 Å². The number of amides is 1. The first-order chi connectivity index (χ1) is 13.8. The van der Waals surface area contributed by atoms with Gasteiger partial charge in [-0.2, -0.15) is 0 Å². The molecule has 5 rings (SSSR count). The second-order valence-electron chi connectivity index (χ2n) is 8.52. The molecule has 1 N–H and O–H groups in total. The Balaban J connectivity index is 1.31. The van der Waals surface area contributed by atoms with Crippen LogP contribution in [0.2, 0.25) is 0 Å². The van der Waals surface area contributed by atoms with E-state index >= 15 is 0 Å². The highest BCUT2D eigenvalue weighted by molar-refractivity contribution is 5.88. The number of carbonyl (C=O) groups excluding carboxylic acids is 1. The molecule has 0 unspecified atom stereocenters. The van der Waals surface area contributed by atoms with E-state index in [9.17, 15) is 4.79 Å². The van der Waals surface area contributed by atoms with Gasteiger partial charge in [-0.3, -0.25) is 4.79 Å². The number of likely N-dealkylation sites (tertiary alicyclic amines) is 1. The van der Waals surface area contributed by atoms with E-state index in [0.717, 1.165) is 82.9 Å². The summed E-state index contributed by atoms with van der Waals surface area (Å²) >= 11 is 0. The lowest BCUT2D eigenvalue weighted by molar-refractivity contribution is -0.138. The Kier molecular flexibility index (Phi) is 4.67. The Morgan fingerprint density at radius 3 is 2.54 bits per heavy atom. The van der Waals surface area contributed by atoms with Gasteiger partial charge in [-0.1, -0.05) is 43.2 Å². The topological polar surface area (TPSA) is 63.1 Å². The number of rotatable bonds is 3. The number of nitrogens with zero attached hydrogens (tertiary/aromatic N) is 4. The quantitative estimate of drug-likeness (QED) is 0.890. The summed E-state index contributed by atoms with van der Waals surface area (Å²) < 4.78 is 2.29. The molecule has 1 aromatic heterocycles. The van der Waals surface area contributed by atoms with E-state index in [4.69, 9.17) is 0 Å². The van der Waals surface area contributed by atoms with Crippen LogP contribution in [-0.4, -0.2) is 45.2 Å². The molecule has 3 aliphatic rings.